The number of rotatable bonds is 4. The highest BCUT2D eigenvalue weighted by Crippen LogP contribution is 2.31. The Bertz CT molecular complexity index is 654. The molecule has 0 spiro atoms. The van der Waals surface area contributed by atoms with E-state index in [1.54, 1.807) is 12.4 Å². The number of aromatic nitrogens is 4. The zero-order valence-corrected chi connectivity index (χ0v) is 14.2. The molecule has 23 heavy (non-hydrogen) atoms. The van der Waals surface area contributed by atoms with E-state index >= 15 is 0 Å². The van der Waals surface area contributed by atoms with Gasteiger partial charge in [0.2, 0.25) is 5.89 Å². The van der Waals surface area contributed by atoms with Crippen molar-refractivity contribution in [1.82, 2.24) is 20.1 Å². The molecular formula is C16H24N6O. The summed E-state index contributed by atoms with van der Waals surface area (Å²) >= 11 is 0. The van der Waals surface area contributed by atoms with Crippen LogP contribution in [0.25, 0.3) is 0 Å². The fourth-order valence-electron chi connectivity index (χ4n) is 2.94. The summed E-state index contributed by atoms with van der Waals surface area (Å²) in [7, 11) is 3.83. The third-order valence-electron chi connectivity index (χ3n) is 4.15. The van der Waals surface area contributed by atoms with Crippen molar-refractivity contribution in [2.45, 2.75) is 38.5 Å². The van der Waals surface area contributed by atoms with Crippen molar-refractivity contribution < 1.29 is 4.52 Å². The van der Waals surface area contributed by atoms with Gasteiger partial charge in [-0.05, 0) is 23.9 Å². The summed E-state index contributed by atoms with van der Waals surface area (Å²) in [4.78, 5) is 17.8. The van der Waals surface area contributed by atoms with Crippen LogP contribution in [0.1, 0.15) is 50.1 Å². The van der Waals surface area contributed by atoms with Crippen LogP contribution in [0.5, 0.6) is 0 Å². The molecule has 0 radical (unpaired) electrons. The maximum atomic E-state index is 5.46. The first-order chi connectivity index (χ1) is 11.1. The second-order valence-electron chi connectivity index (χ2n) is 6.53. The van der Waals surface area contributed by atoms with E-state index in [1.807, 2.05) is 19.0 Å². The normalized spacial score (nSPS) is 18.5. The smallest absolute Gasteiger partial charge is 0.265 e. The Labute approximate surface area is 136 Å². The fraction of sp³-hybridized carbons (Fsp3) is 0.625. The minimum absolute atomic E-state index is 0.243. The molecule has 2 aromatic heterocycles. The summed E-state index contributed by atoms with van der Waals surface area (Å²) in [5, 5.41) is 4.03. The number of hydrogen-bond donors (Lipinski definition) is 0. The molecule has 7 nitrogen and oxygen atoms in total. The van der Waals surface area contributed by atoms with Crippen LogP contribution < -0.4 is 9.80 Å². The van der Waals surface area contributed by atoms with Gasteiger partial charge in [-0.3, -0.25) is 4.98 Å². The van der Waals surface area contributed by atoms with Gasteiger partial charge in [0.15, 0.2) is 5.82 Å². The molecule has 2 aromatic rings. The van der Waals surface area contributed by atoms with Gasteiger partial charge in [0.05, 0.1) is 11.6 Å². The average molecular weight is 316 g/mol. The molecule has 0 amide bonds. The fourth-order valence-corrected chi connectivity index (χ4v) is 2.94. The van der Waals surface area contributed by atoms with Crippen molar-refractivity contribution in [2.75, 3.05) is 37.0 Å². The van der Waals surface area contributed by atoms with Crippen molar-refractivity contribution in [3.63, 3.8) is 0 Å². The monoisotopic (exact) mass is 316 g/mol. The van der Waals surface area contributed by atoms with E-state index in [2.05, 4.69) is 38.9 Å². The molecule has 0 saturated carbocycles. The molecule has 0 aliphatic carbocycles. The average Bonchev–Trinajstić information content (AvgIpc) is 3.05. The molecule has 1 atom stereocenters. The van der Waals surface area contributed by atoms with Crippen LogP contribution in [0, 0.1) is 0 Å². The van der Waals surface area contributed by atoms with E-state index < -0.39 is 0 Å². The maximum Gasteiger partial charge on any atom is 0.265 e. The molecule has 7 heteroatoms. The Morgan fingerprint density at radius 2 is 2.04 bits per heavy atom. The van der Waals surface area contributed by atoms with E-state index in [4.69, 9.17) is 4.52 Å². The topological polar surface area (TPSA) is 71.2 Å². The number of nitrogens with zero attached hydrogens (tertiary/aromatic N) is 6. The summed E-state index contributed by atoms with van der Waals surface area (Å²) in [5.74, 6) is 2.92. The third kappa shape index (κ3) is 3.28. The summed E-state index contributed by atoms with van der Waals surface area (Å²) in [6.45, 7) is 6.13. The quantitative estimate of drug-likeness (QED) is 0.857. The summed E-state index contributed by atoms with van der Waals surface area (Å²) in [5.41, 5.74) is 1.05. The SMILES string of the molecule is CC(C)c1nccnc1N1CCCC(c2nc(N(C)C)no2)C1. The van der Waals surface area contributed by atoms with Gasteiger partial charge in [-0.2, -0.15) is 4.98 Å². The lowest BCUT2D eigenvalue weighted by Crippen LogP contribution is -2.36. The molecular weight excluding hydrogens is 292 g/mol. The maximum absolute atomic E-state index is 5.46. The molecule has 1 aliphatic heterocycles. The van der Waals surface area contributed by atoms with E-state index in [1.165, 1.54) is 0 Å². The Morgan fingerprint density at radius 3 is 2.74 bits per heavy atom. The van der Waals surface area contributed by atoms with Crippen molar-refractivity contribution in [1.29, 1.82) is 0 Å². The first-order valence-corrected chi connectivity index (χ1v) is 8.13. The van der Waals surface area contributed by atoms with Crippen LogP contribution in [0.4, 0.5) is 11.8 Å². The first-order valence-electron chi connectivity index (χ1n) is 8.13. The van der Waals surface area contributed by atoms with Crippen LogP contribution in [0.3, 0.4) is 0 Å². The molecule has 0 N–H and O–H groups in total. The molecule has 1 fully saturated rings. The van der Waals surface area contributed by atoms with Crippen LogP contribution in [-0.2, 0) is 0 Å². The van der Waals surface area contributed by atoms with E-state index in [-0.39, 0.29) is 5.92 Å². The van der Waals surface area contributed by atoms with E-state index in [9.17, 15) is 0 Å². The molecule has 0 bridgehead atoms. The lowest BCUT2D eigenvalue weighted by Gasteiger charge is -2.33. The van der Waals surface area contributed by atoms with Gasteiger partial charge in [-0.1, -0.05) is 13.8 Å². The predicted molar refractivity (Wildman–Crippen MR) is 88.9 cm³/mol. The second kappa shape index (κ2) is 6.52. The minimum atomic E-state index is 0.243. The number of anilines is 2. The molecule has 124 valence electrons. The van der Waals surface area contributed by atoms with Crippen LogP contribution in [0.2, 0.25) is 0 Å². The highest BCUT2D eigenvalue weighted by Gasteiger charge is 2.28. The van der Waals surface area contributed by atoms with Crippen molar-refractivity contribution in [2.24, 2.45) is 0 Å². The Hall–Kier alpha value is -2.18. The molecule has 0 aromatic carbocycles. The van der Waals surface area contributed by atoms with Gasteiger partial charge in [-0.15, -0.1) is 0 Å². The van der Waals surface area contributed by atoms with Gasteiger partial charge in [-0.25, -0.2) is 4.98 Å². The Kier molecular flexibility index (Phi) is 4.45. The number of piperidine rings is 1. The third-order valence-corrected chi connectivity index (χ3v) is 4.15. The Morgan fingerprint density at radius 1 is 1.26 bits per heavy atom. The summed E-state index contributed by atoms with van der Waals surface area (Å²) in [6.07, 6.45) is 5.67. The second-order valence-corrected chi connectivity index (χ2v) is 6.53. The van der Waals surface area contributed by atoms with Crippen LogP contribution in [-0.4, -0.2) is 47.3 Å². The number of hydrogen-bond acceptors (Lipinski definition) is 7. The van der Waals surface area contributed by atoms with Gasteiger partial charge in [0.25, 0.3) is 5.95 Å². The molecule has 3 heterocycles. The zero-order chi connectivity index (χ0) is 16.4. The minimum Gasteiger partial charge on any atom is -0.354 e. The summed E-state index contributed by atoms with van der Waals surface area (Å²) in [6, 6.07) is 0. The van der Waals surface area contributed by atoms with Gasteiger partial charge >= 0.3 is 0 Å². The highest BCUT2D eigenvalue weighted by molar-refractivity contribution is 5.45. The van der Waals surface area contributed by atoms with E-state index in [0.717, 1.165) is 37.4 Å². The van der Waals surface area contributed by atoms with Gasteiger partial charge in [0, 0.05) is 39.6 Å². The van der Waals surface area contributed by atoms with Gasteiger partial charge < -0.3 is 14.3 Å². The largest absolute Gasteiger partial charge is 0.354 e. The van der Waals surface area contributed by atoms with Crippen molar-refractivity contribution >= 4 is 11.8 Å². The van der Waals surface area contributed by atoms with Gasteiger partial charge in [0.1, 0.15) is 0 Å². The van der Waals surface area contributed by atoms with Crippen LogP contribution >= 0.6 is 0 Å². The first kappa shape index (κ1) is 15.7. The molecule has 3 rings (SSSR count). The highest BCUT2D eigenvalue weighted by atomic mass is 16.5. The van der Waals surface area contributed by atoms with E-state index in [0.29, 0.717) is 17.8 Å². The molecule has 1 unspecified atom stereocenters. The molecule has 1 saturated heterocycles. The van der Waals surface area contributed by atoms with Crippen LogP contribution in [0.15, 0.2) is 16.9 Å². The van der Waals surface area contributed by atoms with Crippen molar-refractivity contribution in [3.8, 4) is 0 Å². The standard InChI is InChI=1S/C16H24N6O/c1-11(2)13-14(18-8-7-17-13)22-9-5-6-12(10-22)15-19-16(20-23-15)21(3)4/h7-8,11-12H,5-6,9-10H2,1-4H3. The lowest BCUT2D eigenvalue weighted by atomic mass is 9.97. The Balaban J connectivity index is 1.81. The zero-order valence-electron chi connectivity index (χ0n) is 14.2. The molecule has 1 aliphatic rings. The van der Waals surface area contributed by atoms with Crippen molar-refractivity contribution in [3.05, 3.63) is 24.0 Å². The summed E-state index contributed by atoms with van der Waals surface area (Å²) < 4.78 is 5.46. The lowest BCUT2D eigenvalue weighted by molar-refractivity contribution is 0.332. The predicted octanol–water partition coefficient (Wildman–Crippen LogP) is 2.43.